The normalized spacial score (nSPS) is 15.5. The molecule has 0 bridgehead atoms. The molecular weight excluding hydrogens is 167 g/mol. The molecule has 0 fully saturated rings. The van der Waals surface area contributed by atoms with Crippen LogP contribution < -0.4 is 0 Å². The first-order chi connectivity index (χ1) is 6.20. The quantitative estimate of drug-likeness (QED) is 0.650. The van der Waals surface area contributed by atoms with E-state index in [2.05, 4.69) is 0 Å². The second-order valence-corrected chi connectivity index (χ2v) is 3.69. The maximum absolute atomic E-state index is 13.6. The zero-order valence-corrected chi connectivity index (χ0v) is 7.73. The molecule has 0 spiro atoms. The average Bonchev–Trinajstić information content (AvgIpc) is 2.15. The highest BCUT2D eigenvalue weighted by Gasteiger charge is 2.18. The number of phenolic OH excluding ortho intramolecular Hbond substituents is 1. The van der Waals surface area contributed by atoms with Gasteiger partial charge in [-0.05, 0) is 55.4 Å². The molecule has 0 radical (unpaired) electrons. The number of aromatic hydroxyl groups is 1. The van der Waals surface area contributed by atoms with Gasteiger partial charge >= 0.3 is 0 Å². The van der Waals surface area contributed by atoms with Crippen molar-refractivity contribution in [2.75, 3.05) is 0 Å². The molecule has 0 heterocycles. The van der Waals surface area contributed by atoms with Crippen LogP contribution >= 0.6 is 0 Å². The molecule has 0 atom stereocenters. The number of benzene rings is 1. The molecule has 0 unspecified atom stereocenters. The van der Waals surface area contributed by atoms with Crippen LogP contribution in [0.1, 0.15) is 29.5 Å². The van der Waals surface area contributed by atoms with E-state index in [4.69, 9.17) is 0 Å². The minimum absolute atomic E-state index is 0.118. The first-order valence-electron chi connectivity index (χ1n) is 4.70. The van der Waals surface area contributed by atoms with Gasteiger partial charge in [-0.1, -0.05) is 0 Å². The van der Waals surface area contributed by atoms with Crippen LogP contribution in [0, 0.1) is 12.7 Å². The smallest absolute Gasteiger partial charge is 0.129 e. The Morgan fingerprint density at radius 1 is 1.23 bits per heavy atom. The third-order valence-corrected chi connectivity index (χ3v) is 2.74. The van der Waals surface area contributed by atoms with E-state index in [1.807, 2.05) is 0 Å². The molecule has 13 heavy (non-hydrogen) atoms. The van der Waals surface area contributed by atoms with Crippen molar-refractivity contribution in [3.8, 4) is 5.75 Å². The standard InChI is InChI=1S/C11H13FO/c1-7-6-10(13)8-4-2-3-5-9(8)11(7)12/h6,13H,2-5H2,1H3. The lowest BCUT2D eigenvalue weighted by Gasteiger charge is -2.18. The molecule has 0 aromatic heterocycles. The van der Waals surface area contributed by atoms with Gasteiger partial charge in [0.2, 0.25) is 0 Å². The predicted molar refractivity (Wildman–Crippen MR) is 49.4 cm³/mol. The molecule has 1 aliphatic carbocycles. The number of aryl methyl sites for hydroxylation is 1. The summed E-state index contributed by atoms with van der Waals surface area (Å²) < 4.78 is 13.6. The lowest BCUT2D eigenvalue weighted by Crippen LogP contribution is -2.06. The summed E-state index contributed by atoms with van der Waals surface area (Å²) in [4.78, 5) is 0. The highest BCUT2D eigenvalue weighted by Crippen LogP contribution is 2.32. The van der Waals surface area contributed by atoms with Gasteiger partial charge in [-0.25, -0.2) is 4.39 Å². The number of hydrogen-bond acceptors (Lipinski definition) is 1. The molecule has 1 N–H and O–H groups in total. The molecular formula is C11H13FO. The number of hydrogen-bond donors (Lipinski definition) is 1. The summed E-state index contributed by atoms with van der Waals surface area (Å²) in [5.41, 5.74) is 2.12. The van der Waals surface area contributed by atoms with Crippen molar-refractivity contribution in [1.29, 1.82) is 0 Å². The highest BCUT2D eigenvalue weighted by atomic mass is 19.1. The highest BCUT2D eigenvalue weighted by molar-refractivity contribution is 5.45. The largest absolute Gasteiger partial charge is 0.508 e. The summed E-state index contributed by atoms with van der Waals surface area (Å²) >= 11 is 0. The van der Waals surface area contributed by atoms with Crippen molar-refractivity contribution in [2.45, 2.75) is 32.6 Å². The Bertz CT molecular complexity index is 344. The van der Waals surface area contributed by atoms with Gasteiger partial charge in [0.05, 0.1) is 0 Å². The van der Waals surface area contributed by atoms with Crippen molar-refractivity contribution in [1.82, 2.24) is 0 Å². The maximum Gasteiger partial charge on any atom is 0.129 e. The van der Waals surface area contributed by atoms with E-state index in [0.717, 1.165) is 36.8 Å². The third-order valence-electron chi connectivity index (χ3n) is 2.74. The van der Waals surface area contributed by atoms with Crippen LogP contribution in [0.2, 0.25) is 0 Å². The predicted octanol–water partition coefficient (Wildman–Crippen LogP) is 2.72. The summed E-state index contributed by atoms with van der Waals surface area (Å²) in [6, 6.07) is 1.53. The van der Waals surface area contributed by atoms with Gasteiger partial charge in [0.15, 0.2) is 0 Å². The monoisotopic (exact) mass is 180 g/mol. The minimum atomic E-state index is -0.118. The fraction of sp³-hybridized carbons (Fsp3) is 0.455. The Kier molecular flexibility index (Phi) is 1.98. The van der Waals surface area contributed by atoms with Crippen LogP contribution in [0.25, 0.3) is 0 Å². The summed E-state index contributed by atoms with van der Waals surface area (Å²) in [5, 5.41) is 9.59. The Hall–Kier alpha value is -1.05. The van der Waals surface area contributed by atoms with E-state index in [-0.39, 0.29) is 11.6 Å². The van der Waals surface area contributed by atoms with Crippen molar-refractivity contribution in [3.63, 3.8) is 0 Å². The van der Waals surface area contributed by atoms with E-state index < -0.39 is 0 Å². The van der Waals surface area contributed by atoms with Gasteiger partial charge in [-0.3, -0.25) is 0 Å². The lowest BCUT2D eigenvalue weighted by atomic mass is 9.89. The van der Waals surface area contributed by atoms with Gasteiger partial charge < -0.3 is 5.11 Å². The number of fused-ring (bicyclic) bond motifs is 1. The molecule has 0 aliphatic heterocycles. The van der Waals surface area contributed by atoms with E-state index in [0.29, 0.717) is 5.56 Å². The van der Waals surface area contributed by atoms with E-state index >= 15 is 0 Å². The molecule has 0 amide bonds. The van der Waals surface area contributed by atoms with Gasteiger partial charge in [0.25, 0.3) is 0 Å². The summed E-state index contributed by atoms with van der Waals surface area (Å²) in [5.74, 6) is 0.154. The zero-order valence-electron chi connectivity index (χ0n) is 7.73. The van der Waals surface area contributed by atoms with E-state index in [1.54, 1.807) is 6.92 Å². The SMILES string of the molecule is Cc1cc(O)c2c(c1F)CCCC2. The Morgan fingerprint density at radius 3 is 2.54 bits per heavy atom. The maximum atomic E-state index is 13.6. The average molecular weight is 180 g/mol. The lowest BCUT2D eigenvalue weighted by molar-refractivity contribution is 0.454. The van der Waals surface area contributed by atoms with E-state index in [9.17, 15) is 9.50 Å². The Morgan fingerprint density at radius 2 is 1.85 bits per heavy atom. The van der Waals surface area contributed by atoms with Gasteiger partial charge in [0, 0.05) is 0 Å². The number of halogens is 1. The molecule has 70 valence electrons. The summed E-state index contributed by atoms with van der Waals surface area (Å²) in [6.45, 7) is 1.70. The summed E-state index contributed by atoms with van der Waals surface area (Å²) in [7, 11) is 0. The molecule has 0 saturated carbocycles. The van der Waals surface area contributed by atoms with Gasteiger partial charge in [-0.15, -0.1) is 0 Å². The molecule has 1 aromatic carbocycles. The van der Waals surface area contributed by atoms with Crippen LogP contribution in [0.5, 0.6) is 5.75 Å². The molecule has 1 aliphatic rings. The molecule has 2 rings (SSSR count). The minimum Gasteiger partial charge on any atom is -0.508 e. The van der Waals surface area contributed by atoms with E-state index in [1.165, 1.54) is 6.07 Å². The van der Waals surface area contributed by atoms with Crippen LogP contribution in [-0.2, 0) is 12.8 Å². The number of rotatable bonds is 0. The molecule has 1 nitrogen and oxygen atoms in total. The first kappa shape index (κ1) is 8.54. The van der Waals surface area contributed by atoms with Crippen molar-refractivity contribution >= 4 is 0 Å². The molecule has 2 heteroatoms. The summed E-state index contributed by atoms with van der Waals surface area (Å²) in [6.07, 6.45) is 3.69. The fourth-order valence-electron chi connectivity index (χ4n) is 2.02. The van der Waals surface area contributed by atoms with Crippen LogP contribution in [0.4, 0.5) is 4.39 Å². The van der Waals surface area contributed by atoms with Crippen molar-refractivity contribution in [2.24, 2.45) is 0 Å². The van der Waals surface area contributed by atoms with Gasteiger partial charge in [-0.2, -0.15) is 0 Å². The molecule has 0 saturated heterocycles. The van der Waals surface area contributed by atoms with Crippen LogP contribution in [0.15, 0.2) is 6.07 Å². The Labute approximate surface area is 77.2 Å². The topological polar surface area (TPSA) is 20.2 Å². The zero-order chi connectivity index (χ0) is 9.42. The number of phenols is 1. The fourth-order valence-corrected chi connectivity index (χ4v) is 2.02. The Balaban J connectivity index is 2.63. The van der Waals surface area contributed by atoms with Crippen LogP contribution in [-0.4, -0.2) is 5.11 Å². The van der Waals surface area contributed by atoms with Gasteiger partial charge in [0.1, 0.15) is 11.6 Å². The first-order valence-corrected chi connectivity index (χ1v) is 4.70. The van der Waals surface area contributed by atoms with Crippen LogP contribution in [0.3, 0.4) is 0 Å². The second kappa shape index (κ2) is 3.02. The van der Waals surface area contributed by atoms with Crippen molar-refractivity contribution < 1.29 is 9.50 Å². The molecule has 1 aromatic rings. The van der Waals surface area contributed by atoms with Crippen molar-refractivity contribution in [3.05, 3.63) is 28.6 Å². The second-order valence-electron chi connectivity index (χ2n) is 3.69. The third kappa shape index (κ3) is 1.30.